The van der Waals surface area contributed by atoms with Crippen LogP contribution in [-0.2, 0) is 12.6 Å². The first-order valence-electron chi connectivity index (χ1n) is 5.92. The molecule has 0 saturated carbocycles. The molecule has 0 bridgehead atoms. The summed E-state index contributed by atoms with van der Waals surface area (Å²) in [7, 11) is 0. The number of ketones is 1. The van der Waals surface area contributed by atoms with E-state index < -0.39 is 29.2 Å². The molecule has 0 aliphatic carbocycles. The number of carbonyl (C=O) groups is 1. The van der Waals surface area contributed by atoms with E-state index in [2.05, 4.69) is 0 Å². The Morgan fingerprint density at radius 3 is 2.19 bits per heavy atom. The van der Waals surface area contributed by atoms with E-state index in [-0.39, 0.29) is 17.5 Å². The topological polar surface area (TPSA) is 17.1 Å². The van der Waals surface area contributed by atoms with Gasteiger partial charge in [0.15, 0.2) is 5.78 Å². The second-order valence-corrected chi connectivity index (χ2v) is 4.38. The number of hydrogen-bond acceptors (Lipinski definition) is 1. The standard InChI is InChI=1S/C15H9F5O/c16-12-4-2-1-3-9(12)8-14(21)10-5-6-11(13(17)7-10)15(18,19)20/h1-7H,8H2. The average molecular weight is 300 g/mol. The second kappa shape index (κ2) is 5.63. The summed E-state index contributed by atoms with van der Waals surface area (Å²) in [5.41, 5.74) is -1.57. The van der Waals surface area contributed by atoms with Gasteiger partial charge in [0.2, 0.25) is 0 Å². The third-order valence-corrected chi connectivity index (χ3v) is 2.91. The molecule has 0 heterocycles. The van der Waals surface area contributed by atoms with E-state index in [0.717, 1.165) is 12.1 Å². The molecule has 0 amide bonds. The van der Waals surface area contributed by atoms with E-state index in [0.29, 0.717) is 12.1 Å². The van der Waals surface area contributed by atoms with Gasteiger partial charge in [0.05, 0.1) is 5.56 Å². The Morgan fingerprint density at radius 2 is 1.62 bits per heavy atom. The Bertz CT molecular complexity index is 676. The molecule has 21 heavy (non-hydrogen) atoms. The van der Waals surface area contributed by atoms with E-state index in [9.17, 15) is 26.7 Å². The summed E-state index contributed by atoms with van der Waals surface area (Å²) in [5.74, 6) is -2.78. The summed E-state index contributed by atoms with van der Waals surface area (Å²) < 4.78 is 64.0. The molecule has 0 radical (unpaired) electrons. The summed E-state index contributed by atoms with van der Waals surface area (Å²) in [5, 5.41) is 0. The largest absolute Gasteiger partial charge is 0.419 e. The third-order valence-electron chi connectivity index (χ3n) is 2.91. The lowest BCUT2D eigenvalue weighted by Crippen LogP contribution is -2.11. The van der Waals surface area contributed by atoms with Crippen LogP contribution in [0.4, 0.5) is 22.0 Å². The molecule has 0 aliphatic heterocycles. The predicted octanol–water partition coefficient (Wildman–Crippen LogP) is 4.41. The fourth-order valence-electron chi connectivity index (χ4n) is 1.84. The molecule has 0 aliphatic rings. The Labute approximate surface area is 117 Å². The number of Topliss-reactive ketones (excluding diaryl/α,β-unsaturated/α-hetero) is 1. The Hall–Kier alpha value is -2.24. The van der Waals surface area contributed by atoms with Crippen molar-refractivity contribution >= 4 is 5.78 Å². The molecule has 110 valence electrons. The number of alkyl halides is 3. The highest BCUT2D eigenvalue weighted by Crippen LogP contribution is 2.31. The van der Waals surface area contributed by atoms with Crippen LogP contribution in [-0.4, -0.2) is 5.78 Å². The first kappa shape index (κ1) is 15.2. The van der Waals surface area contributed by atoms with Gasteiger partial charge in [-0.15, -0.1) is 0 Å². The lowest BCUT2D eigenvalue weighted by Gasteiger charge is -2.09. The van der Waals surface area contributed by atoms with E-state index in [1.165, 1.54) is 18.2 Å². The molecule has 0 fully saturated rings. The lowest BCUT2D eigenvalue weighted by atomic mass is 10.0. The van der Waals surface area contributed by atoms with Crippen LogP contribution in [0.1, 0.15) is 21.5 Å². The van der Waals surface area contributed by atoms with Crippen molar-refractivity contribution in [1.29, 1.82) is 0 Å². The Kier molecular flexibility index (Phi) is 4.06. The number of halogens is 5. The van der Waals surface area contributed by atoms with Crippen molar-refractivity contribution in [3.05, 3.63) is 70.8 Å². The van der Waals surface area contributed by atoms with Crippen LogP contribution in [0.5, 0.6) is 0 Å². The minimum Gasteiger partial charge on any atom is -0.294 e. The molecular formula is C15H9F5O. The molecular weight excluding hydrogens is 291 g/mol. The Morgan fingerprint density at radius 1 is 0.952 bits per heavy atom. The summed E-state index contributed by atoms with van der Waals surface area (Å²) in [4.78, 5) is 11.9. The van der Waals surface area contributed by atoms with Gasteiger partial charge in [-0.25, -0.2) is 8.78 Å². The van der Waals surface area contributed by atoms with E-state index in [4.69, 9.17) is 0 Å². The van der Waals surface area contributed by atoms with E-state index in [1.807, 2.05) is 0 Å². The van der Waals surface area contributed by atoms with Gasteiger partial charge in [0.25, 0.3) is 0 Å². The molecule has 0 saturated heterocycles. The fraction of sp³-hybridized carbons (Fsp3) is 0.133. The summed E-state index contributed by atoms with van der Waals surface area (Å²) in [6.45, 7) is 0. The number of benzene rings is 2. The molecule has 0 aromatic heterocycles. The third kappa shape index (κ3) is 3.45. The highest BCUT2D eigenvalue weighted by atomic mass is 19.4. The Balaban J connectivity index is 2.25. The zero-order valence-corrected chi connectivity index (χ0v) is 10.5. The monoisotopic (exact) mass is 300 g/mol. The highest BCUT2D eigenvalue weighted by molar-refractivity contribution is 5.97. The van der Waals surface area contributed by atoms with Crippen LogP contribution in [0.3, 0.4) is 0 Å². The van der Waals surface area contributed by atoms with Gasteiger partial charge in [0.1, 0.15) is 11.6 Å². The van der Waals surface area contributed by atoms with Gasteiger partial charge < -0.3 is 0 Å². The lowest BCUT2D eigenvalue weighted by molar-refractivity contribution is -0.140. The van der Waals surface area contributed by atoms with Crippen LogP contribution >= 0.6 is 0 Å². The molecule has 0 unspecified atom stereocenters. The highest BCUT2D eigenvalue weighted by Gasteiger charge is 2.34. The van der Waals surface area contributed by atoms with Crippen LogP contribution in [0, 0.1) is 11.6 Å². The molecule has 0 N–H and O–H groups in total. The fourth-order valence-corrected chi connectivity index (χ4v) is 1.84. The van der Waals surface area contributed by atoms with Crippen molar-refractivity contribution in [2.24, 2.45) is 0 Å². The molecule has 2 aromatic rings. The van der Waals surface area contributed by atoms with Crippen LogP contribution in [0.15, 0.2) is 42.5 Å². The van der Waals surface area contributed by atoms with Crippen LogP contribution in [0.25, 0.3) is 0 Å². The minimum atomic E-state index is -4.82. The van der Waals surface area contributed by atoms with Crippen molar-refractivity contribution in [3.8, 4) is 0 Å². The molecule has 2 aromatic carbocycles. The maximum Gasteiger partial charge on any atom is 0.419 e. The molecule has 2 rings (SSSR count). The zero-order chi connectivity index (χ0) is 15.6. The molecule has 1 nitrogen and oxygen atoms in total. The van der Waals surface area contributed by atoms with Crippen molar-refractivity contribution in [3.63, 3.8) is 0 Å². The number of rotatable bonds is 3. The van der Waals surface area contributed by atoms with E-state index in [1.54, 1.807) is 0 Å². The summed E-state index contributed by atoms with van der Waals surface area (Å²) >= 11 is 0. The normalized spacial score (nSPS) is 11.5. The summed E-state index contributed by atoms with van der Waals surface area (Å²) in [6.07, 6.45) is -5.17. The number of carbonyl (C=O) groups excluding carboxylic acids is 1. The van der Waals surface area contributed by atoms with Gasteiger partial charge >= 0.3 is 6.18 Å². The van der Waals surface area contributed by atoms with Crippen molar-refractivity contribution in [2.45, 2.75) is 12.6 Å². The van der Waals surface area contributed by atoms with Crippen molar-refractivity contribution in [2.75, 3.05) is 0 Å². The van der Waals surface area contributed by atoms with E-state index >= 15 is 0 Å². The quantitative estimate of drug-likeness (QED) is 0.606. The van der Waals surface area contributed by atoms with Crippen molar-refractivity contribution < 1.29 is 26.7 Å². The maximum absolute atomic E-state index is 13.4. The average Bonchev–Trinajstić information content (AvgIpc) is 2.39. The van der Waals surface area contributed by atoms with Crippen LogP contribution in [0.2, 0.25) is 0 Å². The first-order chi connectivity index (χ1) is 9.79. The minimum absolute atomic E-state index is 0.0998. The van der Waals surface area contributed by atoms with Crippen molar-refractivity contribution in [1.82, 2.24) is 0 Å². The molecule has 0 atom stereocenters. The van der Waals surface area contributed by atoms with Gasteiger partial charge in [-0.3, -0.25) is 4.79 Å². The summed E-state index contributed by atoms with van der Waals surface area (Å²) in [6, 6.07) is 7.43. The van der Waals surface area contributed by atoms with Gasteiger partial charge in [0, 0.05) is 12.0 Å². The number of hydrogen-bond donors (Lipinski definition) is 0. The molecule has 6 heteroatoms. The van der Waals surface area contributed by atoms with Gasteiger partial charge in [-0.1, -0.05) is 24.3 Å². The second-order valence-electron chi connectivity index (χ2n) is 4.38. The zero-order valence-electron chi connectivity index (χ0n) is 10.5. The van der Waals surface area contributed by atoms with Gasteiger partial charge in [-0.05, 0) is 23.8 Å². The van der Waals surface area contributed by atoms with Gasteiger partial charge in [-0.2, -0.15) is 13.2 Å². The SMILES string of the molecule is O=C(Cc1ccccc1F)c1ccc(C(F)(F)F)c(F)c1. The predicted molar refractivity (Wildman–Crippen MR) is 65.8 cm³/mol. The van der Waals surface area contributed by atoms with Crippen LogP contribution < -0.4 is 0 Å². The maximum atomic E-state index is 13.4. The first-order valence-corrected chi connectivity index (χ1v) is 5.92. The smallest absolute Gasteiger partial charge is 0.294 e. The molecule has 0 spiro atoms.